The second-order valence-electron chi connectivity index (χ2n) is 5.25. The maximum Gasteiger partial charge on any atom is 0.0994 e. The Balaban J connectivity index is 2.04. The van der Waals surface area contributed by atoms with Crippen molar-refractivity contribution in [3.05, 3.63) is 29.3 Å². The average Bonchev–Trinajstić information content (AvgIpc) is 2.29. The summed E-state index contributed by atoms with van der Waals surface area (Å²) in [6.07, 6.45) is 5.22. The van der Waals surface area contributed by atoms with Gasteiger partial charge in [-0.15, -0.1) is 0 Å². The maximum absolute atomic E-state index is 8.90. The molecule has 2 nitrogen and oxygen atoms in total. The predicted octanol–water partition coefficient (Wildman–Crippen LogP) is 3.86. The number of hydrogen-bond acceptors (Lipinski definition) is 2. The van der Waals surface area contributed by atoms with E-state index >= 15 is 0 Å². The molecule has 1 N–H and O–H groups in total. The smallest absolute Gasteiger partial charge is 0.0994 e. The van der Waals surface area contributed by atoms with E-state index in [1.807, 2.05) is 19.1 Å². The van der Waals surface area contributed by atoms with Crippen LogP contribution in [0.4, 0.5) is 5.69 Å². The maximum atomic E-state index is 8.90. The second-order valence-corrected chi connectivity index (χ2v) is 5.25. The van der Waals surface area contributed by atoms with Crippen LogP contribution in [0.5, 0.6) is 0 Å². The van der Waals surface area contributed by atoms with Crippen molar-refractivity contribution < 1.29 is 0 Å². The summed E-state index contributed by atoms with van der Waals surface area (Å²) >= 11 is 0. The molecule has 2 unspecified atom stereocenters. The van der Waals surface area contributed by atoms with Crippen molar-refractivity contribution in [2.45, 2.75) is 45.6 Å². The first kappa shape index (κ1) is 12.0. The first-order valence-corrected chi connectivity index (χ1v) is 6.46. The van der Waals surface area contributed by atoms with Crippen LogP contribution in [0.1, 0.15) is 43.7 Å². The fraction of sp³-hybridized carbons (Fsp3) is 0.533. The van der Waals surface area contributed by atoms with Crippen LogP contribution in [-0.2, 0) is 0 Å². The number of nitriles is 1. The third kappa shape index (κ3) is 3.00. The zero-order valence-corrected chi connectivity index (χ0v) is 10.7. The van der Waals surface area contributed by atoms with E-state index in [0.717, 1.165) is 22.7 Å². The molecule has 0 spiro atoms. The van der Waals surface area contributed by atoms with Crippen LogP contribution in [0.15, 0.2) is 18.2 Å². The van der Waals surface area contributed by atoms with E-state index < -0.39 is 0 Å². The Morgan fingerprint density at radius 2 is 2.18 bits per heavy atom. The monoisotopic (exact) mass is 228 g/mol. The van der Waals surface area contributed by atoms with E-state index in [9.17, 15) is 0 Å². The van der Waals surface area contributed by atoms with Crippen molar-refractivity contribution in [3.8, 4) is 6.07 Å². The molecule has 2 heteroatoms. The lowest BCUT2D eigenvalue weighted by Crippen LogP contribution is -2.26. The van der Waals surface area contributed by atoms with Gasteiger partial charge in [0, 0.05) is 11.7 Å². The minimum Gasteiger partial charge on any atom is -0.382 e. The van der Waals surface area contributed by atoms with Crippen LogP contribution < -0.4 is 5.32 Å². The van der Waals surface area contributed by atoms with Crippen molar-refractivity contribution >= 4 is 5.69 Å². The van der Waals surface area contributed by atoms with Crippen LogP contribution in [0.2, 0.25) is 0 Å². The number of nitrogens with one attached hydrogen (secondary N) is 1. The molecule has 1 saturated carbocycles. The number of nitrogens with zero attached hydrogens (tertiary/aromatic N) is 1. The summed E-state index contributed by atoms with van der Waals surface area (Å²) in [6.45, 7) is 4.32. The van der Waals surface area contributed by atoms with Gasteiger partial charge >= 0.3 is 0 Å². The zero-order valence-electron chi connectivity index (χ0n) is 10.7. The van der Waals surface area contributed by atoms with Gasteiger partial charge in [0.2, 0.25) is 0 Å². The Kier molecular flexibility index (Phi) is 3.68. The number of anilines is 1. The summed E-state index contributed by atoms with van der Waals surface area (Å²) in [6, 6.07) is 8.81. The van der Waals surface area contributed by atoms with Gasteiger partial charge < -0.3 is 5.32 Å². The molecule has 0 bridgehead atoms. The topological polar surface area (TPSA) is 35.8 Å². The van der Waals surface area contributed by atoms with Crippen LogP contribution in [0.3, 0.4) is 0 Å². The fourth-order valence-electron chi connectivity index (χ4n) is 2.68. The molecule has 2 atom stereocenters. The molecular weight excluding hydrogens is 208 g/mol. The Labute approximate surface area is 104 Å². The SMILES string of the molecule is Cc1cc(NC2CCCC(C)C2)ccc1C#N. The van der Waals surface area contributed by atoms with E-state index in [4.69, 9.17) is 5.26 Å². The van der Waals surface area contributed by atoms with E-state index in [-0.39, 0.29) is 0 Å². The lowest BCUT2D eigenvalue weighted by Gasteiger charge is -2.28. The highest BCUT2D eigenvalue weighted by atomic mass is 14.9. The molecule has 17 heavy (non-hydrogen) atoms. The number of benzene rings is 1. The van der Waals surface area contributed by atoms with Gasteiger partial charge in [0.05, 0.1) is 11.6 Å². The summed E-state index contributed by atoms with van der Waals surface area (Å²) in [5.74, 6) is 0.834. The molecule has 0 aromatic heterocycles. The highest BCUT2D eigenvalue weighted by Gasteiger charge is 2.18. The van der Waals surface area contributed by atoms with Gasteiger partial charge in [-0.2, -0.15) is 5.26 Å². The average molecular weight is 228 g/mol. The van der Waals surface area contributed by atoms with Gasteiger partial charge in [-0.1, -0.05) is 19.8 Å². The van der Waals surface area contributed by atoms with Gasteiger partial charge in [0.15, 0.2) is 0 Å². The van der Waals surface area contributed by atoms with Crippen molar-refractivity contribution in [3.63, 3.8) is 0 Å². The normalized spacial score (nSPS) is 24.1. The molecule has 1 aromatic carbocycles. The molecule has 0 heterocycles. The minimum atomic E-state index is 0.603. The number of rotatable bonds is 2. The molecule has 0 aliphatic heterocycles. The minimum absolute atomic E-state index is 0.603. The Morgan fingerprint density at radius 1 is 1.35 bits per heavy atom. The van der Waals surface area contributed by atoms with Crippen molar-refractivity contribution in [1.29, 1.82) is 5.26 Å². The lowest BCUT2D eigenvalue weighted by atomic mass is 9.87. The highest BCUT2D eigenvalue weighted by Crippen LogP contribution is 2.26. The van der Waals surface area contributed by atoms with Gasteiger partial charge in [0.25, 0.3) is 0 Å². The first-order valence-electron chi connectivity index (χ1n) is 6.46. The second kappa shape index (κ2) is 5.23. The summed E-state index contributed by atoms with van der Waals surface area (Å²) in [7, 11) is 0. The van der Waals surface area contributed by atoms with E-state index in [1.54, 1.807) is 0 Å². The van der Waals surface area contributed by atoms with Gasteiger partial charge in [-0.05, 0) is 49.4 Å². The fourth-order valence-corrected chi connectivity index (χ4v) is 2.68. The standard InChI is InChI=1S/C15H20N2/c1-11-4-3-5-14(8-11)17-15-7-6-13(10-16)12(2)9-15/h6-7,9,11,14,17H,3-5,8H2,1-2H3. The third-order valence-electron chi connectivity index (χ3n) is 3.65. The molecule has 2 rings (SSSR count). The summed E-state index contributed by atoms with van der Waals surface area (Å²) < 4.78 is 0. The largest absolute Gasteiger partial charge is 0.382 e. The van der Waals surface area contributed by atoms with Gasteiger partial charge in [-0.25, -0.2) is 0 Å². The predicted molar refractivity (Wildman–Crippen MR) is 70.9 cm³/mol. The Morgan fingerprint density at radius 3 is 2.82 bits per heavy atom. The molecule has 0 radical (unpaired) electrons. The van der Waals surface area contributed by atoms with Gasteiger partial charge in [-0.3, -0.25) is 0 Å². The Hall–Kier alpha value is -1.49. The quantitative estimate of drug-likeness (QED) is 0.834. The molecule has 1 aliphatic rings. The van der Waals surface area contributed by atoms with Gasteiger partial charge in [0.1, 0.15) is 0 Å². The van der Waals surface area contributed by atoms with Crippen molar-refractivity contribution in [2.24, 2.45) is 5.92 Å². The van der Waals surface area contributed by atoms with E-state index in [1.165, 1.54) is 25.7 Å². The molecule has 1 aromatic rings. The van der Waals surface area contributed by atoms with Crippen LogP contribution in [0.25, 0.3) is 0 Å². The molecule has 0 amide bonds. The lowest BCUT2D eigenvalue weighted by molar-refractivity contribution is 0.358. The first-order chi connectivity index (χ1) is 8.19. The molecule has 1 aliphatic carbocycles. The number of aryl methyl sites for hydroxylation is 1. The third-order valence-corrected chi connectivity index (χ3v) is 3.65. The van der Waals surface area contributed by atoms with Crippen molar-refractivity contribution in [2.75, 3.05) is 5.32 Å². The van der Waals surface area contributed by atoms with E-state index in [2.05, 4.69) is 24.4 Å². The van der Waals surface area contributed by atoms with Crippen molar-refractivity contribution in [1.82, 2.24) is 0 Å². The van der Waals surface area contributed by atoms with E-state index in [0.29, 0.717) is 6.04 Å². The Bertz CT molecular complexity index is 431. The van der Waals surface area contributed by atoms with Crippen LogP contribution in [0, 0.1) is 24.2 Å². The number of hydrogen-bond donors (Lipinski definition) is 1. The molecule has 1 fully saturated rings. The van der Waals surface area contributed by atoms with Crippen LogP contribution >= 0.6 is 0 Å². The highest BCUT2D eigenvalue weighted by molar-refractivity contribution is 5.52. The molecular formula is C15H20N2. The summed E-state index contributed by atoms with van der Waals surface area (Å²) in [5, 5.41) is 12.5. The molecule has 90 valence electrons. The van der Waals surface area contributed by atoms with Crippen LogP contribution in [-0.4, -0.2) is 6.04 Å². The summed E-state index contributed by atoms with van der Waals surface area (Å²) in [5.41, 5.74) is 2.98. The molecule has 0 saturated heterocycles. The zero-order chi connectivity index (χ0) is 12.3. The summed E-state index contributed by atoms with van der Waals surface area (Å²) in [4.78, 5) is 0.